The van der Waals surface area contributed by atoms with Crippen molar-refractivity contribution in [2.75, 3.05) is 13.1 Å². The lowest BCUT2D eigenvalue weighted by Gasteiger charge is -2.30. The molecular formula is C16H16N+. The molecule has 1 aromatic carbocycles. The smallest absolute Gasteiger partial charge is 0.141 e. The minimum absolute atomic E-state index is 0.572. The first-order valence-corrected chi connectivity index (χ1v) is 6.60. The van der Waals surface area contributed by atoms with E-state index in [1.54, 1.807) is 11.3 Å². The van der Waals surface area contributed by atoms with Crippen molar-refractivity contribution >= 4 is 11.3 Å². The van der Waals surface area contributed by atoms with E-state index in [0.29, 0.717) is 5.54 Å². The molecule has 2 aliphatic carbocycles. The highest BCUT2D eigenvalue weighted by atomic mass is 15.6. The van der Waals surface area contributed by atoms with Gasteiger partial charge in [-0.3, -0.25) is 4.48 Å². The summed E-state index contributed by atoms with van der Waals surface area (Å²) in [6, 6.07) is 9.03. The molecule has 0 aromatic heterocycles. The van der Waals surface area contributed by atoms with Crippen LogP contribution in [0.25, 0.3) is 5.57 Å². The molecule has 2 spiro atoms. The molecule has 0 amide bonds. The van der Waals surface area contributed by atoms with Gasteiger partial charge in [-0.1, -0.05) is 24.3 Å². The van der Waals surface area contributed by atoms with E-state index < -0.39 is 0 Å². The van der Waals surface area contributed by atoms with E-state index in [4.69, 9.17) is 0 Å². The van der Waals surface area contributed by atoms with Gasteiger partial charge in [0.15, 0.2) is 0 Å². The van der Waals surface area contributed by atoms with Gasteiger partial charge < -0.3 is 0 Å². The molecule has 5 rings (SSSR count). The largest absolute Gasteiger partial charge is 0.272 e. The summed E-state index contributed by atoms with van der Waals surface area (Å²) in [5.74, 6) is 0.907. The number of fused-ring (bicyclic) bond motifs is 3. The fourth-order valence-electron chi connectivity index (χ4n) is 4.48. The summed E-state index contributed by atoms with van der Waals surface area (Å²) < 4.78 is 1.29. The standard InChI is InChI=1S/C16H16N/c1-10(2)14-11-5-3-4-6-13(11)17(7-8-17)16-9-12(16)15(14)16/h3-6,12H,1,7-9H2,2H3/q+1. The van der Waals surface area contributed by atoms with Crippen LogP contribution in [0.15, 0.2) is 42.0 Å². The van der Waals surface area contributed by atoms with E-state index in [2.05, 4.69) is 37.8 Å². The van der Waals surface area contributed by atoms with Gasteiger partial charge in [-0.15, -0.1) is 0 Å². The molecule has 1 aromatic rings. The maximum absolute atomic E-state index is 4.21. The molecule has 84 valence electrons. The molecule has 2 saturated carbocycles. The van der Waals surface area contributed by atoms with E-state index in [1.165, 1.54) is 40.7 Å². The normalized spacial score (nSPS) is 37.1. The maximum atomic E-state index is 4.21. The number of allylic oxidation sites excluding steroid dienone is 2. The molecule has 2 heterocycles. The van der Waals surface area contributed by atoms with Gasteiger partial charge in [0.2, 0.25) is 0 Å². The summed E-state index contributed by atoms with van der Waals surface area (Å²) in [5.41, 5.74) is 8.15. The van der Waals surface area contributed by atoms with Crippen molar-refractivity contribution < 1.29 is 0 Å². The third-order valence-electron chi connectivity index (χ3n) is 5.43. The van der Waals surface area contributed by atoms with Crippen LogP contribution in [0.2, 0.25) is 0 Å². The van der Waals surface area contributed by atoms with E-state index in [-0.39, 0.29) is 0 Å². The van der Waals surface area contributed by atoms with Gasteiger partial charge in [-0.2, -0.15) is 0 Å². The summed E-state index contributed by atoms with van der Waals surface area (Å²) in [5, 5.41) is 0. The Morgan fingerprint density at radius 3 is 2.76 bits per heavy atom. The lowest BCUT2D eigenvalue weighted by molar-refractivity contribution is 0.473. The van der Waals surface area contributed by atoms with Crippen LogP contribution in [0.4, 0.5) is 5.69 Å². The first-order chi connectivity index (χ1) is 8.22. The molecule has 0 bridgehead atoms. The summed E-state index contributed by atoms with van der Waals surface area (Å²) in [7, 11) is 0. The second-order valence-electron chi connectivity index (χ2n) is 6.18. The van der Waals surface area contributed by atoms with Crippen LogP contribution in [0.3, 0.4) is 0 Å². The lowest BCUT2D eigenvalue weighted by atomic mass is 9.90. The zero-order valence-electron chi connectivity index (χ0n) is 10.2. The first-order valence-electron chi connectivity index (χ1n) is 6.60. The Kier molecular flexibility index (Phi) is 1.10. The van der Waals surface area contributed by atoms with Crippen LogP contribution in [0.1, 0.15) is 18.9 Å². The van der Waals surface area contributed by atoms with Gasteiger partial charge in [0.25, 0.3) is 0 Å². The molecule has 0 radical (unpaired) electrons. The summed E-state index contributed by atoms with van der Waals surface area (Å²) >= 11 is 0. The van der Waals surface area contributed by atoms with Crippen molar-refractivity contribution in [1.82, 2.24) is 4.48 Å². The fraction of sp³-hybridized carbons (Fsp3) is 0.375. The Labute approximate surface area is 102 Å². The Morgan fingerprint density at radius 1 is 1.35 bits per heavy atom. The Bertz CT molecular complexity index is 633. The third kappa shape index (κ3) is 0.683. The highest BCUT2D eigenvalue weighted by molar-refractivity contribution is 5.98. The van der Waals surface area contributed by atoms with Crippen LogP contribution < -0.4 is 4.48 Å². The van der Waals surface area contributed by atoms with Gasteiger partial charge in [0.1, 0.15) is 24.3 Å². The molecule has 4 aliphatic rings. The third-order valence-corrected chi connectivity index (χ3v) is 5.43. The number of rotatable bonds is 1. The topological polar surface area (TPSA) is 0 Å². The van der Waals surface area contributed by atoms with Crippen molar-refractivity contribution in [2.45, 2.75) is 18.9 Å². The number of para-hydroxylation sites is 1. The predicted molar refractivity (Wildman–Crippen MR) is 70.5 cm³/mol. The summed E-state index contributed by atoms with van der Waals surface area (Å²) in [6.45, 7) is 9.10. The SMILES string of the molecule is C=C(C)C1=C2C3CC23[N+]2(CC2)c2ccccc21. The zero-order chi connectivity index (χ0) is 11.4. The number of quaternary nitrogens is 1. The number of nitrogens with zero attached hydrogens (tertiary/aromatic N) is 1. The van der Waals surface area contributed by atoms with Crippen molar-refractivity contribution in [1.29, 1.82) is 0 Å². The van der Waals surface area contributed by atoms with E-state index >= 15 is 0 Å². The molecular weight excluding hydrogens is 206 g/mol. The molecule has 1 nitrogen and oxygen atoms in total. The minimum atomic E-state index is 0.572. The Balaban J connectivity index is 1.88. The van der Waals surface area contributed by atoms with Crippen LogP contribution in [0.5, 0.6) is 0 Å². The average Bonchev–Trinajstić information content (AvgIpc) is 3.16. The minimum Gasteiger partial charge on any atom is -0.272 e. The highest BCUT2D eigenvalue weighted by Gasteiger charge is 2.92. The van der Waals surface area contributed by atoms with Crippen LogP contribution in [-0.4, -0.2) is 18.6 Å². The van der Waals surface area contributed by atoms with Crippen molar-refractivity contribution in [3.8, 4) is 0 Å². The molecule has 3 fully saturated rings. The maximum Gasteiger partial charge on any atom is 0.141 e. The van der Waals surface area contributed by atoms with Gasteiger partial charge in [0.05, 0.1) is 5.92 Å². The summed E-state index contributed by atoms with van der Waals surface area (Å²) in [6.07, 6.45) is 1.44. The highest BCUT2D eigenvalue weighted by Crippen LogP contribution is 2.84. The van der Waals surface area contributed by atoms with Crippen LogP contribution in [0, 0.1) is 5.92 Å². The zero-order valence-corrected chi connectivity index (χ0v) is 10.2. The molecule has 1 heteroatoms. The number of hydrogen-bond acceptors (Lipinski definition) is 0. The van der Waals surface area contributed by atoms with Gasteiger partial charge in [0, 0.05) is 17.6 Å². The van der Waals surface area contributed by atoms with Gasteiger partial charge >= 0.3 is 0 Å². The van der Waals surface area contributed by atoms with Gasteiger partial charge in [-0.25, -0.2) is 0 Å². The lowest BCUT2D eigenvalue weighted by Crippen LogP contribution is -2.38. The molecule has 0 N–H and O–H groups in total. The molecule has 1 saturated heterocycles. The molecule has 2 aliphatic heterocycles. The second kappa shape index (κ2) is 2.15. The van der Waals surface area contributed by atoms with E-state index in [9.17, 15) is 0 Å². The van der Waals surface area contributed by atoms with Crippen molar-refractivity contribution in [2.24, 2.45) is 5.92 Å². The average molecular weight is 222 g/mol. The summed E-state index contributed by atoms with van der Waals surface area (Å²) in [4.78, 5) is 0. The van der Waals surface area contributed by atoms with Crippen molar-refractivity contribution in [3.63, 3.8) is 0 Å². The molecule has 2 atom stereocenters. The monoisotopic (exact) mass is 222 g/mol. The van der Waals surface area contributed by atoms with Crippen LogP contribution >= 0.6 is 0 Å². The van der Waals surface area contributed by atoms with Gasteiger partial charge in [-0.05, 0) is 24.6 Å². The van der Waals surface area contributed by atoms with Crippen molar-refractivity contribution in [3.05, 3.63) is 47.6 Å². The van der Waals surface area contributed by atoms with E-state index in [0.717, 1.165) is 5.92 Å². The Morgan fingerprint density at radius 2 is 2.12 bits per heavy atom. The predicted octanol–water partition coefficient (Wildman–Crippen LogP) is 3.12. The number of hydrogen-bond donors (Lipinski definition) is 0. The first kappa shape index (κ1) is 8.71. The quantitative estimate of drug-likeness (QED) is 0.506. The fourth-order valence-corrected chi connectivity index (χ4v) is 4.48. The molecule has 2 unspecified atom stereocenters. The molecule has 17 heavy (non-hydrogen) atoms. The van der Waals surface area contributed by atoms with E-state index in [1.807, 2.05) is 0 Å². The van der Waals surface area contributed by atoms with Crippen LogP contribution in [-0.2, 0) is 0 Å². The Hall–Kier alpha value is -1.34. The second-order valence-corrected chi connectivity index (χ2v) is 6.18. The number of benzene rings is 1.